The molecule has 0 atom stereocenters. The SMILES string of the molecule is O=C(Nc1ccc(Cl)c(-c2nc3cc(Cl)ccc3o2)c1)c1ccc(-c2ccccc2)cc1. The molecule has 0 saturated heterocycles. The molecule has 0 aliphatic carbocycles. The van der Waals surface area contributed by atoms with E-state index in [1.165, 1.54) is 0 Å². The summed E-state index contributed by atoms with van der Waals surface area (Å²) in [5.41, 5.74) is 5.11. The quantitative estimate of drug-likeness (QED) is 0.299. The largest absolute Gasteiger partial charge is 0.436 e. The molecule has 0 aliphatic rings. The van der Waals surface area contributed by atoms with Crippen molar-refractivity contribution in [2.45, 2.75) is 0 Å². The van der Waals surface area contributed by atoms with Gasteiger partial charge < -0.3 is 9.73 Å². The standard InChI is InChI=1S/C26H16Cl2N2O2/c27-19-10-13-24-23(14-19)30-26(32-24)21-15-20(11-12-22(21)28)29-25(31)18-8-6-17(7-9-18)16-4-2-1-3-5-16/h1-15H,(H,29,31). The molecule has 0 saturated carbocycles. The van der Waals surface area contributed by atoms with Gasteiger partial charge in [-0.3, -0.25) is 4.79 Å². The zero-order valence-electron chi connectivity index (χ0n) is 16.7. The molecule has 32 heavy (non-hydrogen) atoms. The number of fused-ring (bicyclic) bond motifs is 1. The van der Waals surface area contributed by atoms with Crippen LogP contribution >= 0.6 is 23.2 Å². The van der Waals surface area contributed by atoms with Crippen LogP contribution < -0.4 is 5.32 Å². The fraction of sp³-hybridized carbons (Fsp3) is 0. The van der Waals surface area contributed by atoms with Crippen molar-refractivity contribution in [1.29, 1.82) is 0 Å². The highest BCUT2D eigenvalue weighted by Crippen LogP contribution is 2.33. The molecule has 1 aromatic heterocycles. The molecule has 156 valence electrons. The topological polar surface area (TPSA) is 55.1 Å². The van der Waals surface area contributed by atoms with Crippen LogP contribution in [0.3, 0.4) is 0 Å². The minimum atomic E-state index is -0.220. The first-order chi connectivity index (χ1) is 15.6. The molecular formula is C26H16Cl2N2O2. The number of rotatable bonds is 4. The molecule has 0 bridgehead atoms. The number of oxazole rings is 1. The van der Waals surface area contributed by atoms with Crippen molar-refractivity contribution in [2.75, 3.05) is 5.32 Å². The van der Waals surface area contributed by atoms with Crippen molar-refractivity contribution >= 4 is 45.9 Å². The Hall–Kier alpha value is -3.60. The number of nitrogens with zero attached hydrogens (tertiary/aromatic N) is 1. The van der Waals surface area contributed by atoms with Gasteiger partial charge in [0.15, 0.2) is 5.58 Å². The van der Waals surface area contributed by atoms with Crippen molar-refractivity contribution in [3.63, 3.8) is 0 Å². The Bertz CT molecular complexity index is 1430. The van der Waals surface area contributed by atoms with Crippen LogP contribution in [-0.4, -0.2) is 10.9 Å². The van der Waals surface area contributed by atoms with Crippen molar-refractivity contribution in [3.8, 4) is 22.6 Å². The van der Waals surface area contributed by atoms with Gasteiger partial charge in [-0.25, -0.2) is 4.98 Å². The molecule has 0 aliphatic heterocycles. The summed E-state index contributed by atoms with van der Waals surface area (Å²) < 4.78 is 5.82. The van der Waals surface area contributed by atoms with E-state index >= 15 is 0 Å². The van der Waals surface area contributed by atoms with E-state index < -0.39 is 0 Å². The third-order valence-electron chi connectivity index (χ3n) is 5.06. The van der Waals surface area contributed by atoms with Crippen molar-refractivity contribution < 1.29 is 9.21 Å². The lowest BCUT2D eigenvalue weighted by atomic mass is 10.0. The van der Waals surface area contributed by atoms with Crippen LogP contribution in [0.4, 0.5) is 5.69 Å². The van der Waals surface area contributed by atoms with E-state index in [0.29, 0.717) is 43.9 Å². The number of halogens is 2. The number of carbonyl (C=O) groups is 1. The minimum absolute atomic E-state index is 0.220. The summed E-state index contributed by atoms with van der Waals surface area (Å²) in [7, 11) is 0. The lowest BCUT2D eigenvalue weighted by molar-refractivity contribution is 0.102. The van der Waals surface area contributed by atoms with Gasteiger partial charge in [0, 0.05) is 16.3 Å². The van der Waals surface area contributed by atoms with Gasteiger partial charge >= 0.3 is 0 Å². The smallest absolute Gasteiger partial charge is 0.255 e. The van der Waals surface area contributed by atoms with Crippen molar-refractivity contribution in [3.05, 3.63) is 107 Å². The van der Waals surface area contributed by atoms with Gasteiger partial charge in [-0.05, 0) is 59.7 Å². The number of hydrogen-bond donors (Lipinski definition) is 1. The zero-order valence-corrected chi connectivity index (χ0v) is 18.2. The molecule has 1 amide bonds. The Labute approximate surface area is 194 Å². The summed E-state index contributed by atoms with van der Waals surface area (Å²) in [6.45, 7) is 0. The first kappa shape index (κ1) is 20.3. The van der Waals surface area contributed by atoms with Crippen LogP contribution in [0, 0.1) is 0 Å². The number of amides is 1. The average molecular weight is 459 g/mol. The number of nitrogens with one attached hydrogen (secondary N) is 1. The van der Waals surface area contributed by atoms with E-state index in [-0.39, 0.29) is 5.91 Å². The molecule has 5 aromatic rings. The number of carbonyl (C=O) groups excluding carboxylic acids is 1. The van der Waals surface area contributed by atoms with Gasteiger partial charge in [-0.15, -0.1) is 0 Å². The highest BCUT2D eigenvalue weighted by atomic mass is 35.5. The normalized spacial score (nSPS) is 10.9. The molecular weight excluding hydrogens is 443 g/mol. The second-order valence-corrected chi connectivity index (χ2v) is 8.07. The summed E-state index contributed by atoms with van der Waals surface area (Å²) in [5, 5.41) is 3.95. The highest BCUT2D eigenvalue weighted by Gasteiger charge is 2.14. The molecule has 0 spiro atoms. The molecule has 4 nitrogen and oxygen atoms in total. The first-order valence-corrected chi connectivity index (χ1v) is 10.7. The van der Waals surface area contributed by atoms with Crippen LogP contribution in [0.5, 0.6) is 0 Å². The number of aromatic nitrogens is 1. The maximum atomic E-state index is 12.8. The van der Waals surface area contributed by atoms with Crippen LogP contribution in [0.15, 0.2) is 95.4 Å². The predicted octanol–water partition coefficient (Wildman–Crippen LogP) is 7.72. The molecule has 0 radical (unpaired) electrons. The summed E-state index contributed by atoms with van der Waals surface area (Å²) in [5.74, 6) is 0.137. The molecule has 0 unspecified atom stereocenters. The Morgan fingerprint density at radius 1 is 0.812 bits per heavy atom. The molecule has 4 aromatic carbocycles. The molecule has 5 rings (SSSR count). The number of benzene rings is 4. The van der Waals surface area contributed by atoms with E-state index in [9.17, 15) is 4.79 Å². The average Bonchev–Trinajstić information content (AvgIpc) is 3.24. The number of anilines is 1. The Balaban J connectivity index is 1.39. The van der Waals surface area contributed by atoms with Crippen LogP contribution in [0.2, 0.25) is 10.0 Å². The van der Waals surface area contributed by atoms with E-state index in [2.05, 4.69) is 10.3 Å². The Morgan fingerprint density at radius 2 is 1.56 bits per heavy atom. The van der Waals surface area contributed by atoms with Gasteiger partial charge in [-0.1, -0.05) is 65.7 Å². The van der Waals surface area contributed by atoms with Gasteiger partial charge in [0.05, 0.1) is 10.6 Å². The number of hydrogen-bond acceptors (Lipinski definition) is 3. The third kappa shape index (κ3) is 4.11. The second-order valence-electron chi connectivity index (χ2n) is 7.22. The molecule has 6 heteroatoms. The van der Waals surface area contributed by atoms with E-state index in [1.54, 1.807) is 48.5 Å². The third-order valence-corrected chi connectivity index (χ3v) is 5.62. The fourth-order valence-electron chi connectivity index (χ4n) is 3.43. The monoisotopic (exact) mass is 458 g/mol. The fourth-order valence-corrected chi connectivity index (χ4v) is 3.80. The second kappa shape index (κ2) is 8.50. The summed E-state index contributed by atoms with van der Waals surface area (Å²) in [4.78, 5) is 17.2. The molecule has 1 heterocycles. The Morgan fingerprint density at radius 3 is 2.34 bits per heavy atom. The maximum absolute atomic E-state index is 12.8. The van der Waals surface area contributed by atoms with Crippen molar-refractivity contribution in [2.24, 2.45) is 0 Å². The molecule has 0 fully saturated rings. The van der Waals surface area contributed by atoms with Gasteiger partial charge in [-0.2, -0.15) is 0 Å². The van der Waals surface area contributed by atoms with Gasteiger partial charge in [0.25, 0.3) is 5.91 Å². The maximum Gasteiger partial charge on any atom is 0.255 e. The van der Waals surface area contributed by atoms with E-state index in [4.69, 9.17) is 27.6 Å². The summed E-state index contributed by atoms with van der Waals surface area (Å²) in [6, 6.07) is 27.9. The zero-order chi connectivity index (χ0) is 22.1. The van der Waals surface area contributed by atoms with Crippen LogP contribution in [0.1, 0.15) is 10.4 Å². The van der Waals surface area contributed by atoms with Gasteiger partial charge in [0.1, 0.15) is 5.52 Å². The lowest BCUT2D eigenvalue weighted by Crippen LogP contribution is -2.11. The first-order valence-electron chi connectivity index (χ1n) is 9.90. The summed E-state index contributed by atoms with van der Waals surface area (Å²) >= 11 is 12.4. The van der Waals surface area contributed by atoms with Crippen LogP contribution in [-0.2, 0) is 0 Å². The highest BCUT2D eigenvalue weighted by molar-refractivity contribution is 6.33. The minimum Gasteiger partial charge on any atom is -0.436 e. The lowest BCUT2D eigenvalue weighted by Gasteiger charge is -2.08. The summed E-state index contributed by atoms with van der Waals surface area (Å²) in [6.07, 6.45) is 0. The van der Waals surface area contributed by atoms with E-state index in [0.717, 1.165) is 11.1 Å². The predicted molar refractivity (Wildman–Crippen MR) is 129 cm³/mol. The van der Waals surface area contributed by atoms with Crippen molar-refractivity contribution in [1.82, 2.24) is 4.98 Å². The Kier molecular flexibility index (Phi) is 5.39. The molecule has 1 N–H and O–H groups in total. The van der Waals surface area contributed by atoms with Gasteiger partial charge in [0.2, 0.25) is 5.89 Å². The van der Waals surface area contributed by atoms with E-state index in [1.807, 2.05) is 42.5 Å². The van der Waals surface area contributed by atoms with Crippen LogP contribution in [0.25, 0.3) is 33.7 Å².